The van der Waals surface area contributed by atoms with Crippen LogP contribution in [0.2, 0.25) is 0 Å². The molecule has 4 rings (SSSR count). The molecule has 1 N–H and O–H groups in total. The lowest BCUT2D eigenvalue weighted by atomic mass is 10.2. The van der Waals surface area contributed by atoms with Gasteiger partial charge in [-0.15, -0.1) is 11.3 Å². The average molecular weight is 463 g/mol. The highest BCUT2D eigenvalue weighted by Crippen LogP contribution is 2.22. The minimum Gasteiger partial charge on any atom is -0.368 e. The summed E-state index contributed by atoms with van der Waals surface area (Å²) in [7, 11) is 0. The van der Waals surface area contributed by atoms with Gasteiger partial charge in [0, 0.05) is 38.1 Å². The number of aromatic nitrogens is 3. The van der Waals surface area contributed by atoms with Crippen LogP contribution >= 0.6 is 27.3 Å². The quantitative estimate of drug-likeness (QED) is 0.640. The first-order chi connectivity index (χ1) is 13.6. The Balaban J connectivity index is 1.40. The van der Waals surface area contributed by atoms with E-state index in [0.29, 0.717) is 8.79 Å². The van der Waals surface area contributed by atoms with Crippen molar-refractivity contribution in [1.82, 2.24) is 15.0 Å². The second kappa shape index (κ2) is 8.19. The summed E-state index contributed by atoms with van der Waals surface area (Å²) in [5, 5.41) is 2.70. The van der Waals surface area contributed by atoms with Crippen molar-refractivity contribution in [3.63, 3.8) is 0 Å². The van der Waals surface area contributed by atoms with Crippen LogP contribution in [0.3, 0.4) is 0 Å². The molecule has 0 saturated carbocycles. The van der Waals surface area contributed by atoms with Crippen LogP contribution in [0.1, 0.15) is 9.67 Å². The van der Waals surface area contributed by atoms with E-state index in [0.717, 1.165) is 37.7 Å². The molecule has 0 radical (unpaired) electrons. The standard InChI is InChI=1S/C18H16BrFN6OS/c19-17-22-11-14(28-17)16(27)24-18-21-5-4-15(23-18)26-8-6-25(7-9-26)13-3-1-2-12(20)10-13/h1-5,10-11H,6-9H2,(H,21,23,24,27). The maximum absolute atomic E-state index is 13.4. The van der Waals surface area contributed by atoms with Gasteiger partial charge < -0.3 is 9.80 Å². The van der Waals surface area contributed by atoms with E-state index in [4.69, 9.17) is 0 Å². The number of piperazine rings is 1. The molecule has 1 amide bonds. The van der Waals surface area contributed by atoms with Gasteiger partial charge in [-0.25, -0.2) is 14.4 Å². The molecular weight excluding hydrogens is 447 g/mol. The van der Waals surface area contributed by atoms with E-state index in [9.17, 15) is 9.18 Å². The zero-order valence-electron chi connectivity index (χ0n) is 14.7. The Hall–Kier alpha value is -2.59. The van der Waals surface area contributed by atoms with Crippen molar-refractivity contribution < 1.29 is 9.18 Å². The average Bonchev–Trinajstić information content (AvgIpc) is 3.15. The number of benzene rings is 1. The lowest BCUT2D eigenvalue weighted by Crippen LogP contribution is -2.46. The smallest absolute Gasteiger partial charge is 0.269 e. The molecule has 0 spiro atoms. The van der Waals surface area contributed by atoms with Gasteiger partial charge in [0.05, 0.1) is 6.20 Å². The summed E-state index contributed by atoms with van der Waals surface area (Å²) in [6.45, 7) is 2.99. The fraction of sp³-hybridized carbons (Fsp3) is 0.222. The molecule has 144 valence electrons. The number of carbonyl (C=O) groups excluding carboxylic acids is 1. The van der Waals surface area contributed by atoms with Gasteiger partial charge in [0.15, 0.2) is 3.92 Å². The van der Waals surface area contributed by atoms with Crippen LogP contribution in [0.25, 0.3) is 0 Å². The highest BCUT2D eigenvalue weighted by atomic mass is 79.9. The number of carbonyl (C=O) groups is 1. The van der Waals surface area contributed by atoms with Crippen molar-refractivity contribution in [3.8, 4) is 0 Å². The molecular formula is C18H16BrFN6OS. The Bertz CT molecular complexity index is 991. The zero-order valence-corrected chi connectivity index (χ0v) is 17.1. The fourth-order valence-corrected chi connectivity index (χ4v) is 4.13. The third-order valence-electron chi connectivity index (χ3n) is 4.34. The van der Waals surface area contributed by atoms with Crippen LogP contribution in [0, 0.1) is 5.82 Å². The van der Waals surface area contributed by atoms with Gasteiger partial charge in [0.2, 0.25) is 5.95 Å². The van der Waals surface area contributed by atoms with Crippen molar-refractivity contribution in [2.45, 2.75) is 0 Å². The minimum absolute atomic E-state index is 0.232. The van der Waals surface area contributed by atoms with Gasteiger partial charge >= 0.3 is 0 Å². The predicted octanol–water partition coefficient (Wildman–Crippen LogP) is 3.41. The number of hydrogen-bond donors (Lipinski definition) is 1. The first-order valence-electron chi connectivity index (χ1n) is 8.60. The van der Waals surface area contributed by atoms with E-state index in [1.165, 1.54) is 23.6 Å². The summed E-state index contributed by atoms with van der Waals surface area (Å²) in [5.74, 6) is 0.467. The van der Waals surface area contributed by atoms with Crippen molar-refractivity contribution in [3.05, 3.63) is 57.3 Å². The molecule has 0 atom stereocenters. The van der Waals surface area contributed by atoms with Crippen LogP contribution in [-0.2, 0) is 0 Å². The molecule has 10 heteroatoms. The second-order valence-electron chi connectivity index (χ2n) is 6.12. The summed E-state index contributed by atoms with van der Waals surface area (Å²) in [6.07, 6.45) is 3.12. The number of hydrogen-bond acceptors (Lipinski definition) is 7. The summed E-state index contributed by atoms with van der Waals surface area (Å²) in [6, 6.07) is 8.44. The number of thiazole rings is 1. The predicted molar refractivity (Wildman–Crippen MR) is 111 cm³/mol. The van der Waals surface area contributed by atoms with Crippen molar-refractivity contribution >= 4 is 50.6 Å². The Kier molecular flexibility index (Phi) is 5.49. The first-order valence-corrected chi connectivity index (χ1v) is 10.2. The van der Waals surface area contributed by atoms with Gasteiger partial charge in [-0.05, 0) is 40.2 Å². The molecule has 7 nitrogen and oxygen atoms in total. The molecule has 0 bridgehead atoms. The van der Waals surface area contributed by atoms with Crippen LogP contribution in [0.4, 0.5) is 21.8 Å². The van der Waals surface area contributed by atoms with Gasteiger partial charge in [-0.2, -0.15) is 4.98 Å². The molecule has 1 fully saturated rings. The van der Waals surface area contributed by atoms with Crippen LogP contribution in [0.15, 0.2) is 46.6 Å². The van der Waals surface area contributed by atoms with Crippen molar-refractivity contribution in [1.29, 1.82) is 0 Å². The summed E-state index contributed by atoms with van der Waals surface area (Å²) in [5.41, 5.74) is 0.881. The number of halogens is 2. The fourth-order valence-electron chi connectivity index (χ4n) is 2.97. The summed E-state index contributed by atoms with van der Waals surface area (Å²) < 4.78 is 14.1. The van der Waals surface area contributed by atoms with E-state index in [1.807, 2.05) is 12.1 Å². The van der Waals surface area contributed by atoms with E-state index >= 15 is 0 Å². The van der Waals surface area contributed by atoms with Gasteiger partial charge in [-0.1, -0.05) is 6.07 Å². The molecule has 1 aliphatic rings. The number of anilines is 3. The van der Waals surface area contributed by atoms with E-state index in [-0.39, 0.29) is 17.7 Å². The molecule has 3 aromatic rings. The van der Waals surface area contributed by atoms with Crippen LogP contribution in [0.5, 0.6) is 0 Å². The van der Waals surface area contributed by atoms with Gasteiger partial charge in [-0.3, -0.25) is 10.1 Å². The van der Waals surface area contributed by atoms with E-state index in [1.54, 1.807) is 18.3 Å². The van der Waals surface area contributed by atoms with Gasteiger partial charge in [0.1, 0.15) is 16.5 Å². The lowest BCUT2D eigenvalue weighted by molar-refractivity contribution is 0.102. The summed E-state index contributed by atoms with van der Waals surface area (Å²) in [4.78, 5) is 29.6. The molecule has 28 heavy (non-hydrogen) atoms. The van der Waals surface area contributed by atoms with Gasteiger partial charge in [0.25, 0.3) is 5.91 Å². The maximum Gasteiger partial charge on any atom is 0.269 e. The summed E-state index contributed by atoms with van der Waals surface area (Å²) >= 11 is 4.48. The lowest BCUT2D eigenvalue weighted by Gasteiger charge is -2.36. The molecule has 2 aromatic heterocycles. The zero-order chi connectivity index (χ0) is 19.5. The SMILES string of the molecule is O=C(Nc1nccc(N2CCN(c3cccc(F)c3)CC2)n1)c1cnc(Br)s1. The maximum atomic E-state index is 13.4. The van der Waals surface area contributed by atoms with Crippen molar-refractivity contribution in [2.24, 2.45) is 0 Å². The van der Waals surface area contributed by atoms with Crippen molar-refractivity contribution in [2.75, 3.05) is 41.3 Å². The Morgan fingerprint density at radius 1 is 1.14 bits per heavy atom. The van der Waals surface area contributed by atoms with E-state index < -0.39 is 0 Å². The topological polar surface area (TPSA) is 74.2 Å². The third-order valence-corrected chi connectivity index (χ3v) is 5.82. The minimum atomic E-state index is -0.295. The molecule has 1 saturated heterocycles. The number of nitrogens with one attached hydrogen (secondary N) is 1. The van der Waals surface area contributed by atoms with Crippen LogP contribution in [-0.4, -0.2) is 47.0 Å². The third kappa shape index (κ3) is 4.28. The Morgan fingerprint density at radius 2 is 1.93 bits per heavy atom. The molecule has 1 aliphatic heterocycles. The molecule has 0 unspecified atom stereocenters. The first kappa shape index (κ1) is 18.8. The number of nitrogens with zero attached hydrogens (tertiary/aromatic N) is 5. The largest absolute Gasteiger partial charge is 0.368 e. The number of rotatable bonds is 4. The second-order valence-corrected chi connectivity index (χ2v) is 8.43. The molecule has 1 aromatic carbocycles. The molecule has 3 heterocycles. The highest BCUT2D eigenvalue weighted by Gasteiger charge is 2.19. The number of amides is 1. The van der Waals surface area contributed by atoms with E-state index in [2.05, 4.69) is 46.0 Å². The Morgan fingerprint density at radius 3 is 2.64 bits per heavy atom. The molecule has 0 aliphatic carbocycles. The highest BCUT2D eigenvalue weighted by molar-refractivity contribution is 9.11. The monoisotopic (exact) mass is 462 g/mol. The normalized spacial score (nSPS) is 14.2. The van der Waals surface area contributed by atoms with Crippen LogP contribution < -0.4 is 15.1 Å². The Labute approximate surface area is 173 Å².